The van der Waals surface area contributed by atoms with E-state index in [1.165, 1.54) is 87.0 Å². The maximum atomic E-state index is 2.49. The molecule has 244 valence electrons. The average molecular weight is 672 g/mol. The van der Waals surface area contributed by atoms with Crippen molar-refractivity contribution in [2.75, 3.05) is 4.90 Å². The molecule has 1 unspecified atom stereocenters. The van der Waals surface area contributed by atoms with Crippen molar-refractivity contribution >= 4 is 64.9 Å². The van der Waals surface area contributed by atoms with Crippen LogP contribution in [0, 0.1) is 0 Å². The van der Waals surface area contributed by atoms with Crippen molar-refractivity contribution in [1.29, 1.82) is 0 Å². The number of benzene rings is 7. The summed E-state index contributed by atoms with van der Waals surface area (Å²) >= 11 is 1.92. The van der Waals surface area contributed by atoms with Gasteiger partial charge in [0, 0.05) is 38.2 Å². The van der Waals surface area contributed by atoms with Crippen LogP contribution in [0.5, 0.6) is 0 Å². The highest BCUT2D eigenvalue weighted by molar-refractivity contribution is 7.27. The van der Waals surface area contributed by atoms with Gasteiger partial charge in [0.2, 0.25) is 0 Å². The third-order valence-corrected chi connectivity index (χ3v) is 12.5. The molecule has 2 aliphatic rings. The molecular formula is C49H37NS. The summed E-state index contributed by atoms with van der Waals surface area (Å²) in [6, 6.07) is 56.2. The van der Waals surface area contributed by atoms with Crippen LogP contribution in [0.4, 0.5) is 17.1 Å². The van der Waals surface area contributed by atoms with Gasteiger partial charge in [-0.3, -0.25) is 0 Å². The van der Waals surface area contributed by atoms with Crippen LogP contribution in [0.3, 0.4) is 0 Å². The van der Waals surface area contributed by atoms with Crippen LogP contribution in [0.25, 0.3) is 47.6 Å². The van der Waals surface area contributed by atoms with Gasteiger partial charge in [-0.05, 0) is 86.5 Å². The molecule has 0 N–H and O–H groups in total. The average Bonchev–Trinajstić information content (AvgIpc) is 3.69. The number of allylic oxidation sites excluding steroid dienone is 4. The highest BCUT2D eigenvalue weighted by Crippen LogP contribution is 2.52. The molecule has 0 amide bonds. The quantitative estimate of drug-likeness (QED) is 0.176. The lowest BCUT2D eigenvalue weighted by atomic mass is 9.82. The van der Waals surface area contributed by atoms with Gasteiger partial charge in [-0.1, -0.05) is 153 Å². The van der Waals surface area contributed by atoms with E-state index >= 15 is 0 Å². The van der Waals surface area contributed by atoms with Gasteiger partial charge in [0.1, 0.15) is 0 Å². The lowest BCUT2D eigenvalue weighted by Gasteiger charge is -2.29. The lowest BCUT2D eigenvalue weighted by Crippen LogP contribution is -2.16. The molecule has 0 saturated heterocycles. The van der Waals surface area contributed by atoms with Crippen molar-refractivity contribution < 1.29 is 0 Å². The van der Waals surface area contributed by atoms with Crippen molar-refractivity contribution in [3.05, 3.63) is 192 Å². The monoisotopic (exact) mass is 671 g/mol. The summed E-state index contributed by atoms with van der Waals surface area (Å²) in [5, 5.41) is 5.24. The largest absolute Gasteiger partial charge is 0.309 e. The molecule has 0 spiro atoms. The Morgan fingerprint density at radius 1 is 0.588 bits per heavy atom. The summed E-state index contributed by atoms with van der Waals surface area (Å²) in [5.41, 5.74) is 12.9. The predicted octanol–water partition coefficient (Wildman–Crippen LogP) is 14.1. The minimum absolute atomic E-state index is 0.0839. The molecule has 2 heteroatoms. The van der Waals surface area contributed by atoms with Gasteiger partial charge in [0.05, 0.1) is 10.4 Å². The van der Waals surface area contributed by atoms with Crippen molar-refractivity contribution in [2.45, 2.75) is 31.6 Å². The second-order valence-corrected chi connectivity index (χ2v) is 15.5. The lowest BCUT2D eigenvalue weighted by molar-refractivity contribution is 0.660. The molecule has 1 atom stereocenters. The van der Waals surface area contributed by atoms with Gasteiger partial charge in [-0.2, -0.15) is 0 Å². The van der Waals surface area contributed by atoms with E-state index < -0.39 is 0 Å². The fourth-order valence-corrected chi connectivity index (χ4v) is 9.87. The fraction of sp³-hybridized carbons (Fsp3) is 0.102. The summed E-state index contributed by atoms with van der Waals surface area (Å²) < 4.78 is 2.66. The molecule has 7 aromatic carbocycles. The second kappa shape index (κ2) is 11.7. The Bertz CT molecular complexity index is 2690. The minimum Gasteiger partial charge on any atom is -0.309 e. The minimum atomic E-state index is -0.0839. The summed E-state index contributed by atoms with van der Waals surface area (Å²) in [7, 11) is 0. The molecule has 1 nitrogen and oxygen atoms in total. The van der Waals surface area contributed by atoms with Crippen LogP contribution in [-0.2, 0) is 5.41 Å². The Balaban J connectivity index is 1.11. The SMILES string of the molecule is CC1(C)c2ccccc2-c2ccc(N(c3ccc(C4C=CC(c5ccccc5)=CC4)cc3)c3cccc4c3sc3c5ccccc5ccc43)cc21. The van der Waals surface area contributed by atoms with E-state index in [-0.39, 0.29) is 5.41 Å². The number of rotatable bonds is 5. The zero-order chi connectivity index (χ0) is 34.1. The Morgan fingerprint density at radius 2 is 1.31 bits per heavy atom. The molecule has 0 aliphatic heterocycles. The van der Waals surface area contributed by atoms with E-state index in [1.54, 1.807) is 0 Å². The van der Waals surface area contributed by atoms with Crippen LogP contribution in [-0.4, -0.2) is 0 Å². The van der Waals surface area contributed by atoms with E-state index in [0.29, 0.717) is 5.92 Å². The molecule has 51 heavy (non-hydrogen) atoms. The summed E-state index contributed by atoms with van der Waals surface area (Å²) in [4.78, 5) is 2.49. The van der Waals surface area contributed by atoms with E-state index in [9.17, 15) is 0 Å². The van der Waals surface area contributed by atoms with Gasteiger partial charge in [-0.15, -0.1) is 11.3 Å². The van der Waals surface area contributed by atoms with Crippen LogP contribution in [0.15, 0.2) is 170 Å². The first kappa shape index (κ1) is 30.2. The van der Waals surface area contributed by atoms with Crippen LogP contribution < -0.4 is 4.90 Å². The van der Waals surface area contributed by atoms with E-state index in [0.717, 1.165) is 6.42 Å². The van der Waals surface area contributed by atoms with Gasteiger partial charge in [0.15, 0.2) is 0 Å². The molecule has 0 fully saturated rings. The van der Waals surface area contributed by atoms with Crippen molar-refractivity contribution in [3.8, 4) is 11.1 Å². The summed E-state index contributed by atoms with van der Waals surface area (Å²) in [6.45, 7) is 4.74. The molecule has 0 saturated carbocycles. The third-order valence-electron chi connectivity index (χ3n) is 11.2. The standard InChI is InChI=1S/C49H37NS/c1-49(2)44-17-9-8-15-40(44)41-30-28-38(31-45(41)49)50(37-26-23-35(24-27-37)34-21-19-33(20-22-34)32-11-4-3-5-12-32)46-18-10-16-42-43-29-25-36-13-6-7-14-39(36)47(43)51-48(42)46/h3-21,23-31,34H,22H2,1-2H3. The molecule has 10 rings (SSSR count). The Morgan fingerprint density at radius 3 is 2.16 bits per heavy atom. The van der Waals surface area contributed by atoms with Gasteiger partial charge < -0.3 is 4.90 Å². The predicted molar refractivity (Wildman–Crippen MR) is 220 cm³/mol. The van der Waals surface area contributed by atoms with E-state index in [1.807, 2.05) is 11.3 Å². The second-order valence-electron chi connectivity index (χ2n) is 14.5. The van der Waals surface area contributed by atoms with Crippen LogP contribution in [0.1, 0.15) is 48.4 Å². The Hall–Kier alpha value is -5.70. The highest BCUT2D eigenvalue weighted by atomic mass is 32.1. The Labute approximate surface area is 303 Å². The van der Waals surface area contributed by atoms with Gasteiger partial charge in [0.25, 0.3) is 0 Å². The summed E-state index contributed by atoms with van der Waals surface area (Å²) in [6.07, 6.45) is 8.05. The number of fused-ring (bicyclic) bond motifs is 8. The smallest absolute Gasteiger partial charge is 0.0640 e. The molecule has 1 heterocycles. The molecule has 0 radical (unpaired) electrons. The van der Waals surface area contributed by atoms with Crippen molar-refractivity contribution in [1.82, 2.24) is 0 Å². The molecule has 2 aliphatic carbocycles. The first-order valence-corrected chi connectivity index (χ1v) is 18.8. The number of hydrogen-bond donors (Lipinski definition) is 0. The maximum Gasteiger partial charge on any atom is 0.0640 e. The topological polar surface area (TPSA) is 3.24 Å². The molecule has 1 aromatic heterocycles. The number of hydrogen-bond acceptors (Lipinski definition) is 2. The summed E-state index contributed by atoms with van der Waals surface area (Å²) in [5.74, 6) is 0.360. The molecular weight excluding hydrogens is 635 g/mol. The van der Waals surface area contributed by atoms with Gasteiger partial charge >= 0.3 is 0 Å². The first-order chi connectivity index (χ1) is 25.0. The van der Waals surface area contributed by atoms with E-state index in [4.69, 9.17) is 0 Å². The van der Waals surface area contributed by atoms with Crippen LogP contribution >= 0.6 is 11.3 Å². The number of thiophene rings is 1. The van der Waals surface area contributed by atoms with Crippen LogP contribution in [0.2, 0.25) is 0 Å². The number of anilines is 3. The normalized spacial score (nSPS) is 16.0. The first-order valence-electron chi connectivity index (χ1n) is 18.0. The highest BCUT2D eigenvalue weighted by Gasteiger charge is 2.36. The number of nitrogens with zero attached hydrogens (tertiary/aromatic N) is 1. The van der Waals surface area contributed by atoms with Crippen molar-refractivity contribution in [2.24, 2.45) is 0 Å². The maximum absolute atomic E-state index is 2.49. The Kier molecular flexibility index (Phi) is 6.91. The third kappa shape index (κ3) is 4.82. The van der Waals surface area contributed by atoms with Gasteiger partial charge in [-0.25, -0.2) is 0 Å². The fourth-order valence-electron chi connectivity index (χ4n) is 8.53. The zero-order valence-corrected chi connectivity index (χ0v) is 29.6. The van der Waals surface area contributed by atoms with E-state index in [2.05, 4.69) is 189 Å². The molecule has 0 bridgehead atoms. The molecule has 8 aromatic rings. The zero-order valence-electron chi connectivity index (χ0n) is 28.8. The van der Waals surface area contributed by atoms with Crippen molar-refractivity contribution in [3.63, 3.8) is 0 Å².